The van der Waals surface area contributed by atoms with Gasteiger partial charge in [-0.1, -0.05) is 18.5 Å². The van der Waals surface area contributed by atoms with Crippen LogP contribution < -0.4 is 10.6 Å². The highest BCUT2D eigenvalue weighted by molar-refractivity contribution is 6.33. The minimum Gasteiger partial charge on any atom is -0.345 e. The van der Waals surface area contributed by atoms with Crippen LogP contribution in [0, 0.1) is 0 Å². The maximum Gasteiger partial charge on any atom is 0.253 e. The molecule has 2 amide bonds. The molecule has 1 rings (SSSR count). The number of amides is 2. The number of anilines is 1. The summed E-state index contributed by atoms with van der Waals surface area (Å²) in [5, 5.41) is 6.33. The van der Waals surface area contributed by atoms with Gasteiger partial charge in [0.15, 0.2) is 0 Å². The monoisotopic (exact) mass is 311 g/mol. The van der Waals surface area contributed by atoms with E-state index >= 15 is 0 Å². The van der Waals surface area contributed by atoms with Crippen LogP contribution in [0.15, 0.2) is 18.2 Å². The molecule has 0 aromatic heterocycles. The second-order valence-corrected chi connectivity index (χ2v) is 5.51. The number of nitrogens with one attached hydrogen (secondary N) is 2. The molecule has 0 radical (unpaired) electrons. The lowest BCUT2D eigenvalue weighted by atomic mass is 10.1. The Balaban J connectivity index is 2.80. The minimum atomic E-state index is -0.139. The lowest BCUT2D eigenvalue weighted by molar-refractivity contribution is -0.116. The summed E-state index contributed by atoms with van der Waals surface area (Å²) >= 11 is 6.07. The van der Waals surface area contributed by atoms with Gasteiger partial charge in [0.05, 0.1) is 10.7 Å². The van der Waals surface area contributed by atoms with Crippen molar-refractivity contribution in [3.05, 3.63) is 28.8 Å². The summed E-state index contributed by atoms with van der Waals surface area (Å²) in [4.78, 5) is 25.4. The van der Waals surface area contributed by atoms with Gasteiger partial charge < -0.3 is 15.5 Å². The van der Waals surface area contributed by atoms with E-state index in [1.54, 1.807) is 32.3 Å². The molecule has 0 spiro atoms. The highest BCUT2D eigenvalue weighted by Crippen LogP contribution is 2.23. The van der Waals surface area contributed by atoms with Crippen molar-refractivity contribution in [3.8, 4) is 0 Å². The molecule has 0 saturated heterocycles. The third-order valence-electron chi connectivity index (χ3n) is 2.94. The Kier molecular flexibility index (Phi) is 6.65. The highest BCUT2D eigenvalue weighted by Gasteiger charge is 2.13. The van der Waals surface area contributed by atoms with Crippen molar-refractivity contribution in [2.75, 3.05) is 26.0 Å². The quantitative estimate of drug-likeness (QED) is 0.848. The first-order chi connectivity index (χ1) is 9.85. The average Bonchev–Trinajstić information content (AvgIpc) is 2.40. The molecule has 21 heavy (non-hydrogen) atoms. The number of hydrogen-bond acceptors (Lipinski definition) is 3. The predicted molar refractivity (Wildman–Crippen MR) is 85.9 cm³/mol. The van der Waals surface area contributed by atoms with Crippen LogP contribution in [0.4, 0.5) is 5.69 Å². The molecule has 5 nitrogen and oxygen atoms in total. The summed E-state index contributed by atoms with van der Waals surface area (Å²) in [6.45, 7) is 4.74. The van der Waals surface area contributed by atoms with Gasteiger partial charge in [-0.15, -0.1) is 0 Å². The summed E-state index contributed by atoms with van der Waals surface area (Å²) < 4.78 is 0. The second-order valence-electron chi connectivity index (χ2n) is 5.11. The van der Waals surface area contributed by atoms with Gasteiger partial charge in [-0.25, -0.2) is 0 Å². The van der Waals surface area contributed by atoms with E-state index in [1.807, 2.05) is 13.8 Å². The van der Waals surface area contributed by atoms with Crippen molar-refractivity contribution >= 4 is 29.1 Å². The van der Waals surface area contributed by atoms with Gasteiger partial charge in [0.2, 0.25) is 5.91 Å². The maximum atomic E-state index is 12.0. The van der Waals surface area contributed by atoms with E-state index in [9.17, 15) is 9.59 Å². The van der Waals surface area contributed by atoms with E-state index in [-0.39, 0.29) is 17.9 Å². The topological polar surface area (TPSA) is 61.4 Å². The largest absolute Gasteiger partial charge is 0.345 e. The zero-order valence-corrected chi connectivity index (χ0v) is 13.6. The third kappa shape index (κ3) is 5.36. The number of rotatable bonds is 6. The normalized spacial score (nSPS) is 11.9. The smallest absolute Gasteiger partial charge is 0.253 e. The standard InChI is InChI=1S/C15H22ClN3O2/c1-5-17-10(2)8-14(20)18-13-9-11(6-7-12(13)16)15(21)19(3)4/h6-7,9-10,17H,5,8H2,1-4H3,(H,18,20). The van der Waals surface area contributed by atoms with Gasteiger partial charge >= 0.3 is 0 Å². The van der Waals surface area contributed by atoms with E-state index in [2.05, 4.69) is 10.6 Å². The number of nitrogens with zero attached hydrogens (tertiary/aromatic N) is 1. The zero-order valence-electron chi connectivity index (χ0n) is 12.9. The average molecular weight is 312 g/mol. The predicted octanol–water partition coefficient (Wildman–Crippen LogP) is 2.37. The Morgan fingerprint density at radius 1 is 1.33 bits per heavy atom. The Morgan fingerprint density at radius 3 is 2.57 bits per heavy atom. The highest BCUT2D eigenvalue weighted by atomic mass is 35.5. The van der Waals surface area contributed by atoms with Gasteiger partial charge in [0.1, 0.15) is 0 Å². The molecule has 0 aliphatic rings. The number of carbonyl (C=O) groups is 2. The van der Waals surface area contributed by atoms with Crippen LogP contribution in [-0.4, -0.2) is 43.4 Å². The van der Waals surface area contributed by atoms with Crippen LogP contribution in [0.1, 0.15) is 30.6 Å². The first kappa shape index (κ1) is 17.5. The number of carbonyl (C=O) groups excluding carboxylic acids is 2. The van der Waals surface area contributed by atoms with Gasteiger partial charge in [-0.05, 0) is 31.7 Å². The molecule has 0 aliphatic carbocycles. The molecule has 1 atom stereocenters. The molecule has 1 aromatic rings. The lowest BCUT2D eigenvalue weighted by Crippen LogP contribution is -2.30. The van der Waals surface area contributed by atoms with Gasteiger partial charge in [0.25, 0.3) is 5.91 Å². The number of benzene rings is 1. The SMILES string of the molecule is CCNC(C)CC(=O)Nc1cc(C(=O)N(C)C)ccc1Cl. The molecular weight excluding hydrogens is 290 g/mol. The Morgan fingerprint density at radius 2 is 2.00 bits per heavy atom. The van der Waals surface area contributed by atoms with Gasteiger partial charge in [-0.3, -0.25) is 9.59 Å². The van der Waals surface area contributed by atoms with Crippen molar-refractivity contribution in [2.24, 2.45) is 0 Å². The van der Waals surface area contributed by atoms with E-state index in [4.69, 9.17) is 11.6 Å². The molecule has 1 aromatic carbocycles. The number of hydrogen-bond donors (Lipinski definition) is 2. The van der Waals surface area contributed by atoms with E-state index in [0.717, 1.165) is 6.54 Å². The molecule has 0 bridgehead atoms. The minimum absolute atomic E-state index is 0.0837. The Labute approximate surface area is 130 Å². The maximum absolute atomic E-state index is 12.0. The molecule has 0 aliphatic heterocycles. The van der Waals surface area contributed by atoms with Crippen molar-refractivity contribution < 1.29 is 9.59 Å². The molecule has 0 saturated carbocycles. The summed E-state index contributed by atoms with van der Waals surface area (Å²) in [6, 6.07) is 4.93. The summed E-state index contributed by atoms with van der Waals surface area (Å²) in [5.74, 6) is -0.275. The Bertz CT molecular complexity index is 518. The zero-order chi connectivity index (χ0) is 16.0. The first-order valence-electron chi connectivity index (χ1n) is 6.89. The van der Waals surface area contributed by atoms with Crippen molar-refractivity contribution in [2.45, 2.75) is 26.3 Å². The van der Waals surface area contributed by atoms with E-state index in [0.29, 0.717) is 22.7 Å². The summed E-state index contributed by atoms with van der Waals surface area (Å²) in [5.41, 5.74) is 0.942. The molecule has 116 valence electrons. The van der Waals surface area contributed by atoms with Crippen LogP contribution in [-0.2, 0) is 4.79 Å². The third-order valence-corrected chi connectivity index (χ3v) is 3.27. The van der Waals surface area contributed by atoms with E-state index in [1.165, 1.54) is 4.90 Å². The Hall–Kier alpha value is -1.59. The lowest BCUT2D eigenvalue weighted by Gasteiger charge is -2.14. The van der Waals surface area contributed by atoms with Crippen LogP contribution in [0.25, 0.3) is 0 Å². The molecule has 0 heterocycles. The van der Waals surface area contributed by atoms with Crippen molar-refractivity contribution in [3.63, 3.8) is 0 Å². The van der Waals surface area contributed by atoms with Crippen LogP contribution in [0.5, 0.6) is 0 Å². The molecular formula is C15H22ClN3O2. The van der Waals surface area contributed by atoms with Crippen LogP contribution in [0.3, 0.4) is 0 Å². The fourth-order valence-corrected chi connectivity index (χ4v) is 2.08. The summed E-state index contributed by atoms with van der Waals surface area (Å²) in [7, 11) is 3.35. The fourth-order valence-electron chi connectivity index (χ4n) is 1.91. The second kappa shape index (κ2) is 8.00. The molecule has 1 unspecified atom stereocenters. The van der Waals surface area contributed by atoms with Crippen LogP contribution in [0.2, 0.25) is 5.02 Å². The van der Waals surface area contributed by atoms with Gasteiger partial charge in [0, 0.05) is 32.1 Å². The van der Waals surface area contributed by atoms with E-state index < -0.39 is 0 Å². The molecule has 2 N–H and O–H groups in total. The fraction of sp³-hybridized carbons (Fsp3) is 0.467. The summed E-state index contributed by atoms with van der Waals surface area (Å²) in [6.07, 6.45) is 0.343. The molecule has 0 fully saturated rings. The van der Waals surface area contributed by atoms with Gasteiger partial charge in [-0.2, -0.15) is 0 Å². The van der Waals surface area contributed by atoms with Crippen molar-refractivity contribution in [1.29, 1.82) is 0 Å². The van der Waals surface area contributed by atoms with Crippen molar-refractivity contribution in [1.82, 2.24) is 10.2 Å². The molecule has 6 heteroatoms. The van der Waals surface area contributed by atoms with Crippen LogP contribution >= 0.6 is 11.6 Å². The first-order valence-corrected chi connectivity index (χ1v) is 7.27. The number of halogens is 1.